The standard InChI is InChI=1S/C16H21ClN2O/c17-7-3-2-6-15-12-16(14-18-13-15)20-11-10-19-8-4-1-5-9-19/h12-14H,1,3-5,7-11H2. The fraction of sp³-hybridized carbons (Fsp3) is 0.562. The van der Waals surface area contributed by atoms with Gasteiger partial charge in [-0.2, -0.15) is 0 Å². The van der Waals surface area contributed by atoms with Gasteiger partial charge in [0.25, 0.3) is 0 Å². The predicted molar refractivity (Wildman–Crippen MR) is 82.2 cm³/mol. The lowest BCUT2D eigenvalue weighted by molar-refractivity contribution is 0.183. The van der Waals surface area contributed by atoms with Crippen molar-refractivity contribution >= 4 is 11.6 Å². The van der Waals surface area contributed by atoms with Gasteiger partial charge in [0.15, 0.2) is 0 Å². The van der Waals surface area contributed by atoms with E-state index in [1.807, 2.05) is 6.07 Å². The van der Waals surface area contributed by atoms with Crippen molar-refractivity contribution in [2.75, 3.05) is 32.1 Å². The van der Waals surface area contributed by atoms with E-state index in [9.17, 15) is 0 Å². The van der Waals surface area contributed by atoms with E-state index in [4.69, 9.17) is 16.3 Å². The van der Waals surface area contributed by atoms with Crippen LogP contribution in [0.4, 0.5) is 0 Å². The average molecular weight is 293 g/mol. The number of halogens is 1. The molecule has 0 aliphatic carbocycles. The minimum absolute atomic E-state index is 0.562. The zero-order valence-electron chi connectivity index (χ0n) is 11.8. The van der Waals surface area contributed by atoms with Gasteiger partial charge in [-0.25, -0.2) is 0 Å². The molecule has 0 aromatic carbocycles. The van der Waals surface area contributed by atoms with Crippen LogP contribution < -0.4 is 4.74 Å². The summed E-state index contributed by atoms with van der Waals surface area (Å²) in [5.41, 5.74) is 0.880. The third-order valence-corrected chi connectivity index (χ3v) is 3.48. The molecule has 1 aliphatic rings. The smallest absolute Gasteiger partial charge is 0.138 e. The van der Waals surface area contributed by atoms with Gasteiger partial charge in [0.05, 0.1) is 6.20 Å². The lowest BCUT2D eigenvalue weighted by Gasteiger charge is -2.26. The number of ether oxygens (including phenoxy) is 1. The molecule has 0 radical (unpaired) electrons. The largest absolute Gasteiger partial charge is 0.491 e. The van der Waals surface area contributed by atoms with E-state index in [1.54, 1.807) is 12.4 Å². The normalized spacial score (nSPS) is 15.4. The van der Waals surface area contributed by atoms with Gasteiger partial charge in [-0.05, 0) is 32.0 Å². The molecule has 0 N–H and O–H groups in total. The first-order valence-corrected chi connectivity index (χ1v) is 7.77. The topological polar surface area (TPSA) is 25.4 Å². The number of nitrogens with zero attached hydrogens (tertiary/aromatic N) is 2. The van der Waals surface area contributed by atoms with E-state index < -0.39 is 0 Å². The molecule has 108 valence electrons. The summed E-state index contributed by atoms with van der Waals surface area (Å²) in [4.78, 5) is 6.61. The summed E-state index contributed by atoms with van der Waals surface area (Å²) < 4.78 is 5.76. The summed E-state index contributed by atoms with van der Waals surface area (Å²) in [6.45, 7) is 4.10. The highest BCUT2D eigenvalue weighted by Crippen LogP contribution is 2.12. The summed E-state index contributed by atoms with van der Waals surface area (Å²) in [7, 11) is 0. The van der Waals surface area contributed by atoms with Crippen molar-refractivity contribution in [3.63, 3.8) is 0 Å². The molecule has 1 aliphatic heterocycles. The van der Waals surface area contributed by atoms with Crippen LogP contribution in [0.1, 0.15) is 31.2 Å². The number of rotatable bonds is 5. The maximum atomic E-state index is 5.76. The first kappa shape index (κ1) is 15.2. The van der Waals surface area contributed by atoms with Gasteiger partial charge in [0.1, 0.15) is 12.4 Å². The molecule has 0 bridgehead atoms. The number of aromatic nitrogens is 1. The van der Waals surface area contributed by atoms with E-state index in [-0.39, 0.29) is 0 Å². The lowest BCUT2D eigenvalue weighted by Crippen LogP contribution is -2.33. The van der Waals surface area contributed by atoms with Gasteiger partial charge in [-0.1, -0.05) is 18.3 Å². The highest BCUT2D eigenvalue weighted by Gasteiger charge is 2.09. The molecular formula is C16H21ClN2O. The molecule has 0 spiro atoms. The van der Waals surface area contributed by atoms with Gasteiger partial charge >= 0.3 is 0 Å². The van der Waals surface area contributed by atoms with Gasteiger partial charge < -0.3 is 4.74 Å². The van der Waals surface area contributed by atoms with E-state index >= 15 is 0 Å². The molecule has 1 saturated heterocycles. The molecule has 1 aromatic heterocycles. The monoisotopic (exact) mass is 292 g/mol. The summed E-state index contributed by atoms with van der Waals surface area (Å²) in [5.74, 6) is 7.39. The van der Waals surface area contributed by atoms with Crippen LogP contribution in [-0.2, 0) is 0 Å². The molecule has 2 heterocycles. The maximum Gasteiger partial charge on any atom is 0.138 e. The van der Waals surface area contributed by atoms with Gasteiger partial charge in [-0.15, -0.1) is 11.6 Å². The second-order valence-electron chi connectivity index (χ2n) is 4.90. The Morgan fingerprint density at radius 2 is 2.10 bits per heavy atom. The Morgan fingerprint density at radius 3 is 2.90 bits per heavy atom. The molecule has 4 heteroatoms. The van der Waals surface area contributed by atoms with Crippen LogP contribution in [0.15, 0.2) is 18.5 Å². The third-order valence-electron chi connectivity index (χ3n) is 3.29. The zero-order valence-corrected chi connectivity index (χ0v) is 12.5. The molecule has 1 fully saturated rings. The van der Waals surface area contributed by atoms with Gasteiger partial charge in [-0.3, -0.25) is 9.88 Å². The van der Waals surface area contributed by atoms with Crippen LogP contribution in [0.5, 0.6) is 5.75 Å². The van der Waals surface area contributed by atoms with Crippen molar-refractivity contribution < 1.29 is 4.74 Å². The Hall–Kier alpha value is -1.24. The molecule has 1 aromatic rings. The zero-order chi connectivity index (χ0) is 14.0. The quantitative estimate of drug-likeness (QED) is 0.616. The highest BCUT2D eigenvalue weighted by molar-refractivity contribution is 6.18. The number of hydrogen-bond acceptors (Lipinski definition) is 3. The molecule has 0 atom stereocenters. The Morgan fingerprint density at radius 1 is 1.25 bits per heavy atom. The SMILES string of the molecule is ClCCC#Cc1cncc(OCCN2CCCCC2)c1. The molecule has 3 nitrogen and oxygen atoms in total. The van der Waals surface area contributed by atoms with Crippen molar-refractivity contribution in [1.82, 2.24) is 9.88 Å². The fourth-order valence-electron chi connectivity index (χ4n) is 2.25. The number of piperidine rings is 1. The molecule has 0 unspecified atom stereocenters. The molecular weight excluding hydrogens is 272 g/mol. The Bertz CT molecular complexity index is 461. The first-order chi connectivity index (χ1) is 9.88. The number of alkyl halides is 1. The van der Waals surface area contributed by atoms with E-state index in [0.717, 1.165) is 17.9 Å². The van der Waals surface area contributed by atoms with Crippen molar-refractivity contribution in [2.45, 2.75) is 25.7 Å². The average Bonchev–Trinajstić information content (AvgIpc) is 2.49. The fourth-order valence-corrected chi connectivity index (χ4v) is 2.35. The van der Waals surface area contributed by atoms with Crippen LogP contribution in [0.3, 0.4) is 0 Å². The highest BCUT2D eigenvalue weighted by atomic mass is 35.5. The summed E-state index contributed by atoms with van der Waals surface area (Å²) >= 11 is 5.59. The number of likely N-dealkylation sites (tertiary alicyclic amines) is 1. The Labute approximate surface area is 126 Å². The van der Waals surface area contributed by atoms with Crippen molar-refractivity contribution in [1.29, 1.82) is 0 Å². The second kappa shape index (κ2) is 8.84. The van der Waals surface area contributed by atoms with Crippen LogP contribution >= 0.6 is 11.6 Å². The van der Waals surface area contributed by atoms with Gasteiger partial charge in [0.2, 0.25) is 0 Å². The lowest BCUT2D eigenvalue weighted by atomic mass is 10.1. The Kier molecular flexibility index (Phi) is 6.70. The molecule has 0 amide bonds. The minimum Gasteiger partial charge on any atom is -0.491 e. The molecule has 20 heavy (non-hydrogen) atoms. The minimum atomic E-state index is 0.562. The predicted octanol–water partition coefficient (Wildman–Crippen LogP) is 2.93. The number of pyridine rings is 1. The number of hydrogen-bond donors (Lipinski definition) is 0. The maximum absolute atomic E-state index is 5.76. The second-order valence-corrected chi connectivity index (χ2v) is 5.28. The van der Waals surface area contributed by atoms with Gasteiger partial charge in [0, 0.05) is 30.6 Å². The molecule has 0 saturated carbocycles. The van der Waals surface area contributed by atoms with Crippen molar-refractivity contribution in [3.05, 3.63) is 24.0 Å². The first-order valence-electron chi connectivity index (χ1n) is 7.23. The Balaban J connectivity index is 1.77. The summed E-state index contributed by atoms with van der Waals surface area (Å²) in [5, 5.41) is 0. The van der Waals surface area contributed by atoms with Crippen molar-refractivity contribution in [3.8, 4) is 17.6 Å². The van der Waals surface area contributed by atoms with Crippen LogP contribution in [0.25, 0.3) is 0 Å². The van der Waals surface area contributed by atoms with E-state index in [0.29, 0.717) is 18.9 Å². The van der Waals surface area contributed by atoms with Crippen LogP contribution in [0.2, 0.25) is 0 Å². The van der Waals surface area contributed by atoms with E-state index in [2.05, 4.69) is 21.7 Å². The van der Waals surface area contributed by atoms with Crippen molar-refractivity contribution in [2.24, 2.45) is 0 Å². The third kappa shape index (κ3) is 5.40. The van der Waals surface area contributed by atoms with Crippen LogP contribution in [0, 0.1) is 11.8 Å². The summed E-state index contributed by atoms with van der Waals surface area (Å²) in [6.07, 6.45) is 8.17. The summed E-state index contributed by atoms with van der Waals surface area (Å²) in [6, 6.07) is 1.93. The van der Waals surface area contributed by atoms with E-state index in [1.165, 1.54) is 32.4 Å². The van der Waals surface area contributed by atoms with Crippen LogP contribution in [-0.4, -0.2) is 42.0 Å². The molecule has 2 rings (SSSR count).